The molecule has 1 saturated heterocycles. The molecule has 0 radical (unpaired) electrons. The lowest BCUT2D eigenvalue weighted by Gasteiger charge is -2.45. The molecule has 216 valence electrons. The number of hydrogen-bond acceptors (Lipinski definition) is 6. The third-order valence-electron chi connectivity index (χ3n) is 8.14. The Morgan fingerprint density at radius 1 is 1.22 bits per heavy atom. The number of piperidine rings is 1. The largest absolute Gasteiger partial charge is 0.487 e. The summed E-state index contributed by atoms with van der Waals surface area (Å²) < 4.78 is 6.13. The molecule has 8 heteroatoms. The number of likely N-dealkylation sites (tertiary alicyclic amines) is 1. The number of rotatable bonds is 7. The number of aromatic nitrogens is 1. The number of nitrogens with one attached hydrogen (secondary N) is 1. The van der Waals surface area contributed by atoms with Gasteiger partial charge in [-0.05, 0) is 73.7 Å². The van der Waals surface area contributed by atoms with Gasteiger partial charge in [-0.15, -0.1) is 0 Å². The van der Waals surface area contributed by atoms with Crippen molar-refractivity contribution < 1.29 is 19.7 Å². The Labute approximate surface area is 246 Å². The maximum atomic E-state index is 12.4. The normalized spacial score (nSPS) is 21.9. The van der Waals surface area contributed by atoms with Crippen molar-refractivity contribution in [2.75, 3.05) is 19.6 Å². The maximum absolute atomic E-state index is 12.4. The van der Waals surface area contributed by atoms with Gasteiger partial charge in [-0.25, -0.2) is 0 Å². The summed E-state index contributed by atoms with van der Waals surface area (Å²) in [4.78, 5) is 19.3. The van der Waals surface area contributed by atoms with Crippen LogP contribution in [0.2, 0.25) is 5.02 Å². The Morgan fingerprint density at radius 2 is 2.00 bits per heavy atom. The monoisotopic (exact) mass is 575 g/mol. The standard InChI is InChI=1S/C33H38ClN3O4/c1-4-31(38)36-30-20-37(18-15-33(30,40)22-9-12-24(34)13-10-22)17-6-8-25-26-7-5-16-35-28(26)21-41-29-14-11-23(19-27(25)29)32(2,3)39/h5,7-14,16,19,30,39-40H,4,6,15,17-18,20-21H2,1-3H3,(H,36,38). The third kappa shape index (κ3) is 6.33. The molecule has 1 aromatic heterocycles. The molecule has 7 nitrogen and oxygen atoms in total. The van der Waals surface area contributed by atoms with Crippen molar-refractivity contribution in [3.63, 3.8) is 0 Å². The highest BCUT2D eigenvalue weighted by atomic mass is 35.5. The molecule has 5 rings (SSSR count). The summed E-state index contributed by atoms with van der Waals surface area (Å²) in [5.41, 5.74) is 3.24. The number of ether oxygens (including phenoxy) is 1. The molecule has 2 unspecified atom stereocenters. The number of carbonyl (C=O) groups is 1. The highest BCUT2D eigenvalue weighted by molar-refractivity contribution is 6.30. The highest BCUT2D eigenvalue weighted by Gasteiger charge is 2.43. The maximum Gasteiger partial charge on any atom is 0.220 e. The fourth-order valence-electron chi connectivity index (χ4n) is 5.70. The Balaban J connectivity index is 1.40. The van der Waals surface area contributed by atoms with Crippen molar-refractivity contribution in [1.82, 2.24) is 15.2 Å². The van der Waals surface area contributed by atoms with Crippen LogP contribution in [-0.4, -0.2) is 51.7 Å². The number of carbonyl (C=O) groups excluding carboxylic acids is 1. The van der Waals surface area contributed by atoms with Crippen molar-refractivity contribution >= 4 is 23.1 Å². The van der Waals surface area contributed by atoms with E-state index in [-0.39, 0.29) is 5.91 Å². The first-order valence-electron chi connectivity index (χ1n) is 14.2. The molecular formula is C33H38ClN3O4. The molecule has 2 atom stereocenters. The number of amides is 1. The molecule has 0 saturated carbocycles. The number of fused-ring (bicyclic) bond motifs is 2. The lowest BCUT2D eigenvalue weighted by molar-refractivity contribution is -0.126. The van der Waals surface area contributed by atoms with Gasteiger partial charge in [-0.1, -0.05) is 48.9 Å². The van der Waals surface area contributed by atoms with E-state index in [1.54, 1.807) is 32.2 Å². The Bertz CT molecular complexity index is 1430. The minimum absolute atomic E-state index is 0.0897. The molecule has 1 fully saturated rings. The van der Waals surface area contributed by atoms with Crippen LogP contribution >= 0.6 is 11.6 Å². The van der Waals surface area contributed by atoms with Gasteiger partial charge in [0.1, 0.15) is 18.0 Å². The number of pyridine rings is 1. The number of benzene rings is 2. The first-order chi connectivity index (χ1) is 19.6. The van der Waals surface area contributed by atoms with E-state index in [1.807, 2.05) is 43.3 Å². The summed E-state index contributed by atoms with van der Waals surface area (Å²) in [6, 6.07) is 16.6. The Morgan fingerprint density at radius 3 is 2.73 bits per heavy atom. The van der Waals surface area contributed by atoms with Crippen LogP contribution in [0.15, 0.2) is 66.9 Å². The summed E-state index contributed by atoms with van der Waals surface area (Å²) in [6.45, 7) is 7.69. The predicted octanol–water partition coefficient (Wildman–Crippen LogP) is 5.16. The molecule has 2 aliphatic rings. The molecule has 41 heavy (non-hydrogen) atoms. The highest BCUT2D eigenvalue weighted by Crippen LogP contribution is 2.39. The van der Waals surface area contributed by atoms with Crippen molar-refractivity contribution in [2.24, 2.45) is 0 Å². The van der Waals surface area contributed by atoms with Gasteiger partial charge in [0.2, 0.25) is 5.91 Å². The quantitative estimate of drug-likeness (QED) is 0.360. The Kier molecular flexibility index (Phi) is 8.52. The number of aliphatic hydroxyl groups is 2. The van der Waals surface area contributed by atoms with Crippen molar-refractivity contribution in [2.45, 2.75) is 63.9 Å². The van der Waals surface area contributed by atoms with Gasteiger partial charge in [0.25, 0.3) is 0 Å². The third-order valence-corrected chi connectivity index (χ3v) is 8.39. The SMILES string of the molecule is CCC(=O)NC1CN(CCC=C2c3cc(C(C)(C)O)ccc3OCc3ncccc32)CCC1(O)c1ccc(Cl)cc1. The predicted molar refractivity (Wildman–Crippen MR) is 161 cm³/mol. The van der Waals surface area contributed by atoms with E-state index in [0.717, 1.165) is 52.2 Å². The van der Waals surface area contributed by atoms with Crippen LogP contribution in [0, 0.1) is 0 Å². The zero-order chi connectivity index (χ0) is 29.2. The molecule has 3 N–H and O–H groups in total. The molecule has 0 bridgehead atoms. The van der Waals surface area contributed by atoms with Gasteiger partial charge in [0.15, 0.2) is 0 Å². The first kappa shape index (κ1) is 29.3. The van der Waals surface area contributed by atoms with E-state index in [4.69, 9.17) is 16.3 Å². The Hall–Kier alpha value is -3.23. The molecule has 0 spiro atoms. The summed E-state index contributed by atoms with van der Waals surface area (Å²) in [5.74, 6) is 0.670. The van der Waals surface area contributed by atoms with E-state index in [0.29, 0.717) is 37.6 Å². The van der Waals surface area contributed by atoms with Gasteiger partial charge in [0.05, 0.1) is 17.3 Å². The minimum Gasteiger partial charge on any atom is -0.487 e. The number of nitrogens with zero attached hydrogens (tertiary/aromatic N) is 2. The van der Waals surface area contributed by atoms with Crippen LogP contribution in [0.3, 0.4) is 0 Å². The van der Waals surface area contributed by atoms with Crippen molar-refractivity contribution in [3.8, 4) is 5.75 Å². The summed E-state index contributed by atoms with van der Waals surface area (Å²) in [5, 5.41) is 26.2. The number of hydrogen-bond donors (Lipinski definition) is 3. The van der Waals surface area contributed by atoms with Gasteiger partial charge >= 0.3 is 0 Å². The van der Waals surface area contributed by atoms with Gasteiger partial charge in [-0.3, -0.25) is 9.78 Å². The fraction of sp³-hybridized carbons (Fsp3) is 0.394. The lowest BCUT2D eigenvalue weighted by atomic mass is 9.80. The second-order valence-corrected chi connectivity index (χ2v) is 11.9. The molecule has 1 amide bonds. The molecule has 2 aromatic carbocycles. The van der Waals surface area contributed by atoms with E-state index >= 15 is 0 Å². The van der Waals surface area contributed by atoms with Gasteiger partial charge < -0.3 is 25.2 Å². The number of halogens is 1. The average molecular weight is 576 g/mol. The lowest BCUT2D eigenvalue weighted by Crippen LogP contribution is -2.60. The van der Waals surface area contributed by atoms with Crippen LogP contribution in [-0.2, 0) is 22.6 Å². The van der Waals surface area contributed by atoms with Crippen LogP contribution < -0.4 is 10.1 Å². The second kappa shape index (κ2) is 11.9. The van der Waals surface area contributed by atoms with Crippen LogP contribution in [0.1, 0.15) is 68.0 Å². The van der Waals surface area contributed by atoms with E-state index < -0.39 is 17.2 Å². The second-order valence-electron chi connectivity index (χ2n) is 11.4. The fourth-order valence-corrected chi connectivity index (χ4v) is 5.83. The van der Waals surface area contributed by atoms with Crippen LogP contribution in [0.4, 0.5) is 0 Å². The summed E-state index contributed by atoms with van der Waals surface area (Å²) >= 11 is 6.10. The molecule has 0 aliphatic carbocycles. The first-order valence-corrected chi connectivity index (χ1v) is 14.6. The molecule has 3 aromatic rings. The van der Waals surface area contributed by atoms with Crippen LogP contribution in [0.25, 0.3) is 5.57 Å². The average Bonchev–Trinajstić information content (AvgIpc) is 3.11. The van der Waals surface area contributed by atoms with Crippen molar-refractivity contribution in [3.05, 3.63) is 99.8 Å². The van der Waals surface area contributed by atoms with Gasteiger partial charge in [0, 0.05) is 48.4 Å². The smallest absolute Gasteiger partial charge is 0.220 e. The molecule has 2 aliphatic heterocycles. The van der Waals surface area contributed by atoms with E-state index in [2.05, 4.69) is 27.3 Å². The zero-order valence-electron chi connectivity index (χ0n) is 23.9. The zero-order valence-corrected chi connectivity index (χ0v) is 24.6. The van der Waals surface area contributed by atoms with E-state index in [9.17, 15) is 15.0 Å². The topological polar surface area (TPSA) is 94.9 Å². The summed E-state index contributed by atoms with van der Waals surface area (Å²) in [7, 11) is 0. The van der Waals surface area contributed by atoms with E-state index in [1.165, 1.54) is 0 Å². The molecule has 3 heterocycles. The molecular weight excluding hydrogens is 538 g/mol. The van der Waals surface area contributed by atoms with Gasteiger partial charge in [-0.2, -0.15) is 0 Å². The minimum atomic E-state index is -1.18. The van der Waals surface area contributed by atoms with Crippen molar-refractivity contribution in [1.29, 1.82) is 0 Å². The van der Waals surface area contributed by atoms with Crippen LogP contribution in [0.5, 0.6) is 5.75 Å². The summed E-state index contributed by atoms with van der Waals surface area (Å²) in [6.07, 6.45) is 5.56.